The largest absolute Gasteiger partial charge is 0.352 e. The van der Waals surface area contributed by atoms with E-state index in [1.54, 1.807) is 16.9 Å². The second-order valence-electron chi connectivity index (χ2n) is 7.24. The Morgan fingerprint density at radius 2 is 1.50 bits per heavy atom. The van der Waals surface area contributed by atoms with Crippen molar-refractivity contribution in [2.24, 2.45) is 0 Å². The zero-order valence-electron chi connectivity index (χ0n) is 16.1. The molecule has 1 aliphatic heterocycles. The molecular formula is C24H17F2N3O. The third-order valence-corrected chi connectivity index (χ3v) is 5.24. The van der Waals surface area contributed by atoms with E-state index in [0.717, 1.165) is 21.7 Å². The first-order chi connectivity index (χ1) is 14.5. The van der Waals surface area contributed by atoms with Crippen molar-refractivity contribution in [3.8, 4) is 16.9 Å². The molecule has 0 atom stereocenters. The molecule has 1 aliphatic rings. The third kappa shape index (κ3) is 2.72. The maximum Gasteiger partial charge on any atom is 0.352 e. The van der Waals surface area contributed by atoms with Gasteiger partial charge in [0.2, 0.25) is 0 Å². The van der Waals surface area contributed by atoms with E-state index in [4.69, 9.17) is 0 Å². The number of benzene rings is 3. The predicted molar refractivity (Wildman–Crippen MR) is 111 cm³/mol. The second kappa shape index (κ2) is 6.62. The fourth-order valence-corrected chi connectivity index (χ4v) is 3.70. The van der Waals surface area contributed by atoms with E-state index in [1.165, 1.54) is 18.2 Å². The molecule has 6 heteroatoms. The number of amides is 1. The maximum atomic E-state index is 14.8. The van der Waals surface area contributed by atoms with Gasteiger partial charge in [-0.25, -0.2) is 4.68 Å². The Kier molecular flexibility index (Phi) is 4.03. The molecule has 3 aromatic carbocycles. The maximum absolute atomic E-state index is 14.8. The number of aryl methyl sites for hydroxylation is 1. The van der Waals surface area contributed by atoms with Gasteiger partial charge in [-0.1, -0.05) is 66.2 Å². The molecule has 1 amide bonds. The summed E-state index contributed by atoms with van der Waals surface area (Å²) in [7, 11) is 0. The lowest BCUT2D eigenvalue weighted by molar-refractivity contribution is -0.140. The Hall–Kier alpha value is -3.80. The molecule has 30 heavy (non-hydrogen) atoms. The Morgan fingerprint density at radius 3 is 2.23 bits per heavy atom. The number of hydrogen-bond acceptors (Lipinski definition) is 2. The fourth-order valence-electron chi connectivity index (χ4n) is 3.70. The Balaban J connectivity index is 1.74. The summed E-state index contributed by atoms with van der Waals surface area (Å²) < 4.78 is 31.1. The number of carbonyl (C=O) groups is 1. The SMILES string of the molecule is Cc1ccc(-c2nn(-c3ccccc3)cc2N2C(=O)C(F)(F)c3ccccc32)cc1. The molecule has 4 nitrogen and oxygen atoms in total. The van der Waals surface area contributed by atoms with E-state index in [9.17, 15) is 13.6 Å². The minimum Gasteiger partial charge on any atom is -0.271 e. The zero-order chi connectivity index (χ0) is 20.9. The third-order valence-electron chi connectivity index (χ3n) is 5.24. The van der Waals surface area contributed by atoms with E-state index >= 15 is 0 Å². The molecule has 0 spiro atoms. The summed E-state index contributed by atoms with van der Waals surface area (Å²) in [6, 6.07) is 22.9. The van der Waals surface area contributed by atoms with Gasteiger partial charge in [-0.2, -0.15) is 13.9 Å². The lowest BCUT2D eigenvalue weighted by atomic mass is 10.1. The van der Waals surface area contributed by atoms with Crippen molar-refractivity contribution < 1.29 is 13.6 Å². The van der Waals surface area contributed by atoms with Crippen LogP contribution in [-0.4, -0.2) is 15.7 Å². The van der Waals surface area contributed by atoms with Crippen molar-refractivity contribution in [3.05, 3.63) is 96.2 Å². The molecule has 4 aromatic rings. The molecule has 5 rings (SSSR count). The average Bonchev–Trinajstić information content (AvgIpc) is 3.27. The van der Waals surface area contributed by atoms with Gasteiger partial charge in [-0.15, -0.1) is 0 Å². The number of aromatic nitrogens is 2. The van der Waals surface area contributed by atoms with Crippen LogP contribution in [-0.2, 0) is 10.7 Å². The number of rotatable bonds is 3. The molecule has 1 aromatic heterocycles. The van der Waals surface area contributed by atoms with Crippen molar-refractivity contribution in [3.63, 3.8) is 0 Å². The summed E-state index contributed by atoms with van der Waals surface area (Å²) >= 11 is 0. The average molecular weight is 401 g/mol. The minimum absolute atomic E-state index is 0.175. The van der Waals surface area contributed by atoms with Gasteiger partial charge in [0, 0.05) is 5.56 Å². The van der Waals surface area contributed by atoms with Crippen LogP contribution >= 0.6 is 0 Å². The highest BCUT2D eigenvalue weighted by molar-refractivity contribution is 6.12. The number of fused-ring (bicyclic) bond motifs is 1. The van der Waals surface area contributed by atoms with Crippen molar-refractivity contribution >= 4 is 17.3 Å². The molecular weight excluding hydrogens is 384 g/mol. The number of hydrogen-bond donors (Lipinski definition) is 0. The van der Waals surface area contributed by atoms with E-state index in [-0.39, 0.29) is 11.3 Å². The van der Waals surface area contributed by atoms with Crippen LogP contribution in [0.15, 0.2) is 85.1 Å². The number of halogens is 2. The van der Waals surface area contributed by atoms with Gasteiger partial charge >= 0.3 is 11.8 Å². The molecule has 0 aliphatic carbocycles. The molecule has 0 fully saturated rings. The van der Waals surface area contributed by atoms with E-state index in [0.29, 0.717) is 11.4 Å². The van der Waals surface area contributed by atoms with Gasteiger partial charge in [0.15, 0.2) is 0 Å². The van der Waals surface area contributed by atoms with Crippen LogP contribution in [0.5, 0.6) is 0 Å². The summed E-state index contributed by atoms with van der Waals surface area (Å²) in [4.78, 5) is 13.9. The minimum atomic E-state index is -3.59. The molecule has 0 unspecified atom stereocenters. The van der Waals surface area contributed by atoms with Crippen LogP contribution in [0.25, 0.3) is 16.9 Å². The second-order valence-corrected chi connectivity index (χ2v) is 7.24. The Morgan fingerprint density at radius 1 is 0.833 bits per heavy atom. The quantitative estimate of drug-likeness (QED) is 0.447. The Labute approximate surface area is 172 Å². The van der Waals surface area contributed by atoms with Crippen LogP contribution in [0.3, 0.4) is 0 Å². The van der Waals surface area contributed by atoms with Crippen molar-refractivity contribution in [2.75, 3.05) is 4.90 Å². The number of alkyl halides is 2. The molecule has 148 valence electrons. The van der Waals surface area contributed by atoms with E-state index < -0.39 is 11.8 Å². The molecule has 0 N–H and O–H groups in total. The summed E-state index contributed by atoms with van der Waals surface area (Å²) in [6.45, 7) is 1.97. The highest BCUT2D eigenvalue weighted by atomic mass is 19.3. The van der Waals surface area contributed by atoms with Crippen LogP contribution in [0, 0.1) is 6.92 Å². The molecule has 0 bridgehead atoms. The molecule has 0 radical (unpaired) electrons. The summed E-state index contributed by atoms with van der Waals surface area (Å²) in [5.74, 6) is -4.86. The summed E-state index contributed by atoms with van der Waals surface area (Å²) in [6.07, 6.45) is 1.63. The highest BCUT2D eigenvalue weighted by Gasteiger charge is 2.54. The first-order valence-electron chi connectivity index (χ1n) is 9.51. The van der Waals surface area contributed by atoms with Crippen LogP contribution in [0.1, 0.15) is 11.1 Å². The smallest absolute Gasteiger partial charge is 0.271 e. The van der Waals surface area contributed by atoms with Gasteiger partial charge < -0.3 is 0 Å². The number of nitrogens with zero attached hydrogens (tertiary/aromatic N) is 3. The van der Waals surface area contributed by atoms with Crippen molar-refractivity contribution in [1.82, 2.24) is 9.78 Å². The van der Waals surface area contributed by atoms with Gasteiger partial charge in [0.1, 0.15) is 5.69 Å². The van der Waals surface area contributed by atoms with Gasteiger partial charge in [-0.05, 0) is 25.1 Å². The van der Waals surface area contributed by atoms with Crippen LogP contribution < -0.4 is 4.90 Å². The Bertz CT molecular complexity index is 1250. The number of anilines is 2. The highest BCUT2D eigenvalue weighted by Crippen LogP contribution is 2.49. The van der Waals surface area contributed by atoms with Crippen molar-refractivity contribution in [2.45, 2.75) is 12.8 Å². The lowest BCUT2D eigenvalue weighted by Gasteiger charge is -2.17. The van der Waals surface area contributed by atoms with Crippen LogP contribution in [0.4, 0.5) is 20.2 Å². The topological polar surface area (TPSA) is 38.1 Å². The lowest BCUT2D eigenvalue weighted by Crippen LogP contribution is -2.31. The number of para-hydroxylation sites is 2. The fraction of sp³-hybridized carbons (Fsp3) is 0.0833. The predicted octanol–water partition coefficient (Wildman–Crippen LogP) is 5.62. The van der Waals surface area contributed by atoms with Crippen LogP contribution in [0.2, 0.25) is 0 Å². The number of carbonyl (C=O) groups excluding carboxylic acids is 1. The van der Waals surface area contributed by atoms with E-state index in [1.807, 2.05) is 61.5 Å². The normalized spacial score (nSPS) is 14.8. The zero-order valence-corrected chi connectivity index (χ0v) is 16.1. The summed E-state index contributed by atoms with van der Waals surface area (Å²) in [5.41, 5.74) is 3.23. The standard InChI is InChI=1S/C24H17F2N3O/c1-16-11-13-17(14-12-16)22-21(15-28(27-22)18-7-3-2-4-8-18)29-20-10-6-5-9-19(20)24(25,26)23(29)30/h2-15H,1H3. The molecule has 2 heterocycles. The van der Waals surface area contributed by atoms with Gasteiger partial charge in [-0.3, -0.25) is 9.69 Å². The van der Waals surface area contributed by atoms with E-state index in [2.05, 4.69) is 5.10 Å². The molecule has 0 saturated heterocycles. The summed E-state index contributed by atoms with van der Waals surface area (Å²) in [5, 5.41) is 4.66. The first kappa shape index (κ1) is 18.2. The van der Waals surface area contributed by atoms with Gasteiger partial charge in [0.05, 0.1) is 28.8 Å². The first-order valence-corrected chi connectivity index (χ1v) is 9.51. The molecule has 0 saturated carbocycles. The van der Waals surface area contributed by atoms with Gasteiger partial charge in [0.25, 0.3) is 0 Å². The van der Waals surface area contributed by atoms with Crippen molar-refractivity contribution in [1.29, 1.82) is 0 Å². The monoisotopic (exact) mass is 401 g/mol.